The number of allylic oxidation sites excluding steroid dienone is 1. The third-order valence-corrected chi connectivity index (χ3v) is 11.5. The minimum Gasteiger partial charge on any atom is -0.508 e. The number of rotatable bonds is 11. The number of phenolic OH excluding ortho intramolecular Hbond substituents is 1. The molecule has 1 aromatic rings. The zero-order valence-corrected chi connectivity index (χ0v) is 27.3. The van der Waals surface area contributed by atoms with E-state index < -0.39 is 47.3 Å². The van der Waals surface area contributed by atoms with E-state index >= 15 is 0 Å². The number of benzene rings is 1. The summed E-state index contributed by atoms with van der Waals surface area (Å²) in [6, 6.07) is 5.15. The van der Waals surface area contributed by atoms with Gasteiger partial charge in [-0.3, -0.25) is 24.0 Å². The molecule has 254 valence electrons. The maximum absolute atomic E-state index is 13.8. The summed E-state index contributed by atoms with van der Waals surface area (Å²) in [5.74, 6) is -2.85. The first kappa shape index (κ1) is 34.5. The molecule has 0 unspecified atom stereocenters. The van der Waals surface area contributed by atoms with Gasteiger partial charge in [-0.15, -0.1) is 0 Å². The maximum atomic E-state index is 13.8. The molecule has 5 rings (SSSR count). The van der Waals surface area contributed by atoms with Gasteiger partial charge < -0.3 is 25.0 Å². The fourth-order valence-corrected chi connectivity index (χ4v) is 8.97. The topological polar surface area (TPSA) is 173 Å². The van der Waals surface area contributed by atoms with Gasteiger partial charge in [-0.25, -0.2) is 4.79 Å². The Balaban J connectivity index is 1.16. The molecule has 0 aromatic heterocycles. The first-order valence-electron chi connectivity index (χ1n) is 16.6. The van der Waals surface area contributed by atoms with Crippen molar-refractivity contribution < 1.29 is 48.5 Å². The van der Waals surface area contributed by atoms with Crippen molar-refractivity contribution in [2.45, 2.75) is 96.6 Å². The van der Waals surface area contributed by atoms with Gasteiger partial charge in [0.05, 0.1) is 13.0 Å². The van der Waals surface area contributed by atoms with E-state index in [-0.39, 0.29) is 79.2 Å². The number of ketones is 3. The molecule has 11 heteroatoms. The highest BCUT2D eigenvalue weighted by atomic mass is 16.5. The quantitative estimate of drug-likeness (QED) is 0.301. The van der Waals surface area contributed by atoms with E-state index in [9.17, 15) is 39.0 Å². The molecule has 0 saturated heterocycles. The predicted molar refractivity (Wildman–Crippen MR) is 168 cm³/mol. The van der Waals surface area contributed by atoms with E-state index in [1.165, 1.54) is 12.1 Å². The third-order valence-electron chi connectivity index (χ3n) is 11.5. The summed E-state index contributed by atoms with van der Waals surface area (Å²) >= 11 is 0. The number of hydrogen-bond donors (Lipinski definition) is 3. The number of nitrogens with one attached hydrogen (secondary N) is 1. The number of amides is 1. The van der Waals surface area contributed by atoms with Crippen LogP contribution in [0.25, 0.3) is 0 Å². The van der Waals surface area contributed by atoms with Crippen molar-refractivity contribution in [2.24, 2.45) is 28.6 Å². The van der Waals surface area contributed by atoms with Crippen molar-refractivity contribution in [3.8, 4) is 5.75 Å². The van der Waals surface area contributed by atoms with Crippen molar-refractivity contribution in [3.05, 3.63) is 41.5 Å². The summed E-state index contributed by atoms with van der Waals surface area (Å²) in [7, 11) is 0. The van der Waals surface area contributed by atoms with Crippen LogP contribution in [0.15, 0.2) is 35.9 Å². The fourth-order valence-electron chi connectivity index (χ4n) is 8.97. The second kappa shape index (κ2) is 13.3. The van der Waals surface area contributed by atoms with Crippen LogP contribution in [-0.4, -0.2) is 70.3 Å². The normalized spacial score (nSPS) is 31.8. The molecule has 0 aliphatic heterocycles. The SMILES string of the molecule is CCOC(=O)[C@H](Cc1ccc(O)cc1)NC(=O)CCC(=O)OCC(=O)[C@@]1(O)CC[C@@H]2[C@H]3CCC4=CC(=O)CC[C@]4(C)[C@H]3C(=O)C[C@@]21C. The van der Waals surface area contributed by atoms with Gasteiger partial charge in [0.1, 0.15) is 23.2 Å². The average Bonchev–Trinajstić information content (AvgIpc) is 3.30. The number of fused-ring (bicyclic) bond motifs is 5. The van der Waals surface area contributed by atoms with E-state index in [0.717, 1.165) is 18.4 Å². The Bertz CT molecular complexity index is 1480. The molecule has 1 aromatic carbocycles. The van der Waals surface area contributed by atoms with Crippen molar-refractivity contribution in [1.82, 2.24) is 5.32 Å². The fraction of sp³-hybridized carbons (Fsp3) is 0.611. The smallest absolute Gasteiger partial charge is 0.328 e. The Kier molecular flexibility index (Phi) is 9.78. The van der Waals surface area contributed by atoms with Crippen LogP contribution >= 0.6 is 0 Å². The second-order valence-electron chi connectivity index (χ2n) is 14.1. The van der Waals surface area contributed by atoms with Crippen LogP contribution < -0.4 is 5.32 Å². The Morgan fingerprint density at radius 2 is 1.72 bits per heavy atom. The molecule has 0 radical (unpaired) electrons. The number of phenols is 1. The molecule has 0 heterocycles. The number of ether oxygens (including phenoxy) is 2. The van der Waals surface area contributed by atoms with Gasteiger partial charge in [0.25, 0.3) is 0 Å². The Hall–Kier alpha value is -3.86. The Morgan fingerprint density at radius 1 is 1.00 bits per heavy atom. The lowest BCUT2D eigenvalue weighted by Gasteiger charge is -2.57. The molecular weight excluding hydrogens is 606 g/mol. The van der Waals surface area contributed by atoms with Crippen molar-refractivity contribution in [2.75, 3.05) is 13.2 Å². The minimum atomic E-state index is -1.84. The molecular formula is C36H45NO10. The first-order chi connectivity index (χ1) is 22.2. The van der Waals surface area contributed by atoms with Crippen LogP contribution in [-0.2, 0) is 44.7 Å². The van der Waals surface area contributed by atoms with Gasteiger partial charge in [-0.1, -0.05) is 31.6 Å². The number of carbonyl (C=O) groups is 6. The molecule has 4 aliphatic carbocycles. The third kappa shape index (κ3) is 6.51. The Morgan fingerprint density at radius 3 is 2.43 bits per heavy atom. The van der Waals surface area contributed by atoms with Gasteiger partial charge in [0.2, 0.25) is 11.7 Å². The summed E-state index contributed by atoms with van der Waals surface area (Å²) in [6.45, 7) is 4.97. The lowest BCUT2D eigenvalue weighted by atomic mass is 9.46. The van der Waals surface area contributed by atoms with Gasteiger partial charge in [-0.05, 0) is 80.1 Å². The number of carbonyl (C=O) groups excluding carboxylic acids is 6. The van der Waals surface area contributed by atoms with E-state index in [0.29, 0.717) is 24.8 Å². The van der Waals surface area contributed by atoms with Crippen molar-refractivity contribution in [3.63, 3.8) is 0 Å². The zero-order chi connectivity index (χ0) is 34.1. The Labute approximate surface area is 274 Å². The number of esters is 2. The van der Waals surface area contributed by atoms with Crippen LogP contribution in [0.5, 0.6) is 5.75 Å². The second-order valence-corrected chi connectivity index (χ2v) is 14.1. The summed E-state index contributed by atoms with van der Waals surface area (Å²) in [4.78, 5) is 77.1. The predicted octanol–water partition coefficient (Wildman–Crippen LogP) is 3.32. The molecule has 3 saturated carbocycles. The van der Waals surface area contributed by atoms with Gasteiger partial charge in [0.15, 0.2) is 12.4 Å². The van der Waals surface area contributed by atoms with Crippen LogP contribution in [0.3, 0.4) is 0 Å². The van der Waals surface area contributed by atoms with Crippen LogP contribution in [0.1, 0.15) is 84.1 Å². The summed E-state index contributed by atoms with van der Waals surface area (Å²) in [5.41, 5.74) is -1.50. The van der Waals surface area contributed by atoms with Gasteiger partial charge in [-0.2, -0.15) is 0 Å². The molecule has 0 bridgehead atoms. The molecule has 3 N–H and O–H groups in total. The molecule has 11 nitrogen and oxygen atoms in total. The molecule has 7 atom stereocenters. The first-order valence-corrected chi connectivity index (χ1v) is 16.6. The van der Waals surface area contributed by atoms with Gasteiger partial charge >= 0.3 is 11.9 Å². The molecule has 0 spiro atoms. The highest BCUT2D eigenvalue weighted by Crippen LogP contribution is 2.66. The number of hydrogen-bond acceptors (Lipinski definition) is 10. The van der Waals surface area contributed by atoms with E-state index in [2.05, 4.69) is 12.2 Å². The molecule has 4 aliphatic rings. The highest BCUT2D eigenvalue weighted by Gasteiger charge is 2.68. The number of aromatic hydroxyl groups is 1. The van der Waals surface area contributed by atoms with E-state index in [4.69, 9.17) is 9.47 Å². The van der Waals surface area contributed by atoms with E-state index in [1.807, 2.05) is 0 Å². The molecule has 3 fully saturated rings. The van der Waals surface area contributed by atoms with Crippen LogP contribution in [0, 0.1) is 28.6 Å². The largest absolute Gasteiger partial charge is 0.508 e. The van der Waals surface area contributed by atoms with Crippen molar-refractivity contribution >= 4 is 35.2 Å². The van der Waals surface area contributed by atoms with Gasteiger partial charge in [0, 0.05) is 37.0 Å². The highest BCUT2D eigenvalue weighted by molar-refractivity contribution is 5.95. The summed E-state index contributed by atoms with van der Waals surface area (Å²) in [6.07, 6.45) is 4.44. The maximum Gasteiger partial charge on any atom is 0.328 e. The monoisotopic (exact) mass is 651 g/mol. The average molecular weight is 652 g/mol. The number of Topliss-reactive ketones (excluding diaryl/α,β-unsaturated/α-hetero) is 2. The van der Waals surface area contributed by atoms with Crippen molar-refractivity contribution in [1.29, 1.82) is 0 Å². The minimum absolute atomic E-state index is 0.00744. The lowest BCUT2D eigenvalue weighted by molar-refractivity contribution is -0.173. The standard InChI is InChI=1S/C36H45NO10/c1-4-46-33(44)27(17-21-5-8-23(38)9-6-21)37-30(42)11-12-31(43)47-20-29(41)36(45)16-14-26-25-10-7-22-18-24(39)13-15-34(22,2)32(25)28(40)19-35(26,36)3/h5-6,8-9,18,25-27,32,38,45H,4,7,10-17,19-20H2,1-3H3,(H,37,42)/t25-,26-,27+,32-,34+,35+,36+/m1/s1. The summed E-state index contributed by atoms with van der Waals surface area (Å²) in [5, 5.41) is 23.9. The lowest BCUT2D eigenvalue weighted by Crippen LogP contribution is -2.61. The molecule has 1 amide bonds. The summed E-state index contributed by atoms with van der Waals surface area (Å²) < 4.78 is 10.3. The van der Waals surface area contributed by atoms with E-state index in [1.54, 1.807) is 32.1 Å². The molecule has 47 heavy (non-hydrogen) atoms. The van der Waals surface area contributed by atoms with Crippen LogP contribution in [0.4, 0.5) is 0 Å². The zero-order valence-electron chi connectivity index (χ0n) is 27.3. The number of aliphatic hydroxyl groups is 1. The van der Waals surface area contributed by atoms with Crippen LogP contribution in [0.2, 0.25) is 0 Å².